The van der Waals surface area contributed by atoms with Crippen LogP contribution in [0.5, 0.6) is 0 Å². The summed E-state index contributed by atoms with van der Waals surface area (Å²) >= 11 is 0. The van der Waals surface area contributed by atoms with E-state index in [0.717, 1.165) is 64.2 Å². The Balaban J connectivity index is 1.36. The van der Waals surface area contributed by atoms with Crippen molar-refractivity contribution in [2.24, 2.45) is 0 Å². The average molecular weight is 386 g/mol. The Kier molecular flexibility index (Phi) is 6.07. The molecule has 1 atom stereocenters. The lowest BCUT2D eigenvalue weighted by Gasteiger charge is -2.38. The van der Waals surface area contributed by atoms with Gasteiger partial charge in [-0.05, 0) is 37.9 Å². The lowest BCUT2D eigenvalue weighted by Crippen LogP contribution is -2.48. The number of piperidine rings is 1. The second-order valence-corrected chi connectivity index (χ2v) is 7.80. The Hall–Kier alpha value is -2.19. The van der Waals surface area contributed by atoms with E-state index in [-0.39, 0.29) is 0 Å². The summed E-state index contributed by atoms with van der Waals surface area (Å²) in [7, 11) is 2.13. The zero-order valence-electron chi connectivity index (χ0n) is 17.0. The molecule has 0 radical (unpaired) electrons. The third kappa shape index (κ3) is 4.62. The van der Waals surface area contributed by atoms with E-state index in [1.807, 2.05) is 23.1 Å². The van der Waals surface area contributed by atoms with Crippen LogP contribution in [0.1, 0.15) is 18.4 Å². The normalized spacial score (nSPS) is 21.1. The maximum atomic E-state index is 5.45. The summed E-state index contributed by atoms with van der Waals surface area (Å²) in [6.45, 7) is 9.56. The molecule has 28 heavy (non-hydrogen) atoms. The summed E-state index contributed by atoms with van der Waals surface area (Å²) in [6, 6.07) is 2.44. The van der Waals surface area contributed by atoms with Gasteiger partial charge in [0.1, 0.15) is 5.82 Å². The smallest absolute Gasteiger partial charge is 0.227 e. The summed E-state index contributed by atoms with van der Waals surface area (Å²) in [4.78, 5) is 16.5. The van der Waals surface area contributed by atoms with Gasteiger partial charge >= 0.3 is 0 Å². The maximum Gasteiger partial charge on any atom is 0.227 e. The Labute approximate surface area is 167 Å². The molecule has 2 aliphatic heterocycles. The van der Waals surface area contributed by atoms with Gasteiger partial charge in [-0.25, -0.2) is 4.98 Å². The highest BCUT2D eigenvalue weighted by Gasteiger charge is 2.25. The molecule has 0 saturated carbocycles. The van der Waals surface area contributed by atoms with E-state index in [2.05, 4.69) is 45.0 Å². The monoisotopic (exact) mass is 385 g/mol. The summed E-state index contributed by atoms with van der Waals surface area (Å²) in [5.41, 5.74) is 1.22. The number of hydrogen-bond donors (Lipinski definition) is 0. The third-order valence-electron chi connectivity index (χ3n) is 5.71. The molecule has 0 aliphatic carbocycles. The van der Waals surface area contributed by atoms with Crippen LogP contribution in [-0.2, 0) is 11.3 Å². The molecule has 2 aromatic rings. The number of nitrogens with zero attached hydrogens (tertiary/aromatic N) is 7. The van der Waals surface area contributed by atoms with Gasteiger partial charge in [-0.15, -0.1) is 0 Å². The molecule has 2 aromatic heterocycles. The van der Waals surface area contributed by atoms with Crippen molar-refractivity contribution in [2.45, 2.75) is 32.4 Å². The van der Waals surface area contributed by atoms with Crippen molar-refractivity contribution in [3.63, 3.8) is 0 Å². The first-order valence-corrected chi connectivity index (χ1v) is 10.3. The Bertz CT molecular complexity index is 759. The van der Waals surface area contributed by atoms with Gasteiger partial charge in [-0.3, -0.25) is 9.58 Å². The van der Waals surface area contributed by atoms with Crippen molar-refractivity contribution in [1.29, 1.82) is 0 Å². The Morgan fingerprint density at radius 1 is 1.21 bits per heavy atom. The summed E-state index contributed by atoms with van der Waals surface area (Å²) < 4.78 is 7.49. The minimum absolute atomic E-state index is 0.438. The largest absolute Gasteiger partial charge is 0.378 e. The molecule has 0 spiro atoms. The fourth-order valence-corrected chi connectivity index (χ4v) is 4.02. The minimum Gasteiger partial charge on any atom is -0.378 e. The van der Waals surface area contributed by atoms with E-state index in [0.29, 0.717) is 6.04 Å². The van der Waals surface area contributed by atoms with Gasteiger partial charge in [0.15, 0.2) is 0 Å². The lowest BCUT2D eigenvalue weighted by atomic mass is 10.0. The van der Waals surface area contributed by atoms with Crippen LogP contribution in [0, 0.1) is 6.92 Å². The Morgan fingerprint density at radius 3 is 2.86 bits per heavy atom. The molecule has 2 saturated heterocycles. The van der Waals surface area contributed by atoms with Gasteiger partial charge < -0.3 is 14.5 Å². The zero-order valence-corrected chi connectivity index (χ0v) is 17.0. The van der Waals surface area contributed by atoms with Crippen molar-refractivity contribution in [3.8, 4) is 0 Å². The van der Waals surface area contributed by atoms with Crippen molar-refractivity contribution in [3.05, 3.63) is 30.2 Å². The van der Waals surface area contributed by atoms with Crippen LogP contribution < -0.4 is 9.80 Å². The number of likely N-dealkylation sites (tertiary alicyclic amines) is 1. The predicted octanol–water partition coefficient (Wildman–Crippen LogP) is 1.42. The van der Waals surface area contributed by atoms with Crippen LogP contribution in [0.2, 0.25) is 0 Å². The van der Waals surface area contributed by atoms with Crippen LogP contribution >= 0.6 is 0 Å². The topological polar surface area (TPSA) is 62.6 Å². The van der Waals surface area contributed by atoms with Crippen molar-refractivity contribution in [2.75, 3.05) is 62.8 Å². The maximum absolute atomic E-state index is 5.45. The standard InChI is InChI=1S/C20H31N7O/c1-17-14-22-27(15-17)9-8-25-7-3-4-18(16-25)24(2)20-21-6-5-19(23-20)26-10-12-28-13-11-26/h5-6,14-15,18H,3-4,7-13,16H2,1-2H3. The fourth-order valence-electron chi connectivity index (χ4n) is 4.02. The molecular formula is C20H31N7O. The highest BCUT2D eigenvalue weighted by molar-refractivity contribution is 5.44. The van der Waals surface area contributed by atoms with Gasteiger partial charge in [0, 0.05) is 51.7 Å². The lowest BCUT2D eigenvalue weighted by molar-refractivity contribution is 0.122. The zero-order chi connectivity index (χ0) is 19.3. The van der Waals surface area contributed by atoms with Crippen molar-refractivity contribution < 1.29 is 4.74 Å². The molecule has 1 unspecified atom stereocenters. The summed E-state index contributed by atoms with van der Waals surface area (Å²) in [5, 5.41) is 4.40. The molecule has 2 fully saturated rings. The quantitative estimate of drug-likeness (QED) is 0.745. The first kappa shape index (κ1) is 19.1. The molecule has 152 valence electrons. The molecule has 0 N–H and O–H groups in total. The Morgan fingerprint density at radius 2 is 2.07 bits per heavy atom. The molecule has 0 amide bonds. The molecular weight excluding hydrogens is 354 g/mol. The number of morpholine rings is 1. The molecule has 2 aliphatic rings. The molecule has 4 heterocycles. The van der Waals surface area contributed by atoms with Crippen molar-refractivity contribution >= 4 is 11.8 Å². The van der Waals surface area contributed by atoms with Crippen LogP contribution in [0.4, 0.5) is 11.8 Å². The number of likely N-dealkylation sites (N-methyl/N-ethyl adjacent to an activating group) is 1. The second-order valence-electron chi connectivity index (χ2n) is 7.80. The number of aryl methyl sites for hydroxylation is 1. The van der Waals surface area contributed by atoms with Crippen LogP contribution in [0.3, 0.4) is 0 Å². The van der Waals surface area contributed by atoms with Crippen molar-refractivity contribution in [1.82, 2.24) is 24.6 Å². The van der Waals surface area contributed by atoms with Crippen LogP contribution in [-0.4, -0.2) is 83.7 Å². The van der Waals surface area contributed by atoms with Crippen LogP contribution in [0.25, 0.3) is 0 Å². The van der Waals surface area contributed by atoms with Gasteiger partial charge in [-0.2, -0.15) is 10.1 Å². The molecule has 8 nitrogen and oxygen atoms in total. The fraction of sp³-hybridized carbons (Fsp3) is 0.650. The number of hydrogen-bond acceptors (Lipinski definition) is 7. The van der Waals surface area contributed by atoms with Gasteiger partial charge in [-0.1, -0.05) is 0 Å². The molecule has 4 rings (SSSR count). The second kappa shape index (κ2) is 8.87. The van der Waals surface area contributed by atoms with E-state index in [9.17, 15) is 0 Å². The summed E-state index contributed by atoms with van der Waals surface area (Å²) in [5.74, 6) is 1.82. The predicted molar refractivity (Wildman–Crippen MR) is 110 cm³/mol. The SMILES string of the molecule is Cc1cnn(CCN2CCCC(N(C)c3nccc(N4CCOCC4)n3)C2)c1. The van der Waals surface area contributed by atoms with E-state index in [4.69, 9.17) is 9.72 Å². The number of rotatable bonds is 6. The van der Waals surface area contributed by atoms with Crippen LogP contribution in [0.15, 0.2) is 24.7 Å². The number of anilines is 2. The highest BCUT2D eigenvalue weighted by atomic mass is 16.5. The van der Waals surface area contributed by atoms with E-state index < -0.39 is 0 Å². The minimum atomic E-state index is 0.438. The third-order valence-corrected chi connectivity index (χ3v) is 5.71. The van der Waals surface area contributed by atoms with Gasteiger partial charge in [0.2, 0.25) is 5.95 Å². The highest BCUT2D eigenvalue weighted by Crippen LogP contribution is 2.21. The first-order chi connectivity index (χ1) is 13.7. The molecule has 0 aromatic carbocycles. The number of aromatic nitrogens is 4. The van der Waals surface area contributed by atoms with E-state index >= 15 is 0 Å². The average Bonchev–Trinajstić information content (AvgIpc) is 3.18. The first-order valence-electron chi connectivity index (χ1n) is 10.3. The molecule has 8 heteroatoms. The van der Waals surface area contributed by atoms with Gasteiger partial charge in [0.05, 0.1) is 26.0 Å². The summed E-state index contributed by atoms with van der Waals surface area (Å²) in [6.07, 6.45) is 8.30. The van der Waals surface area contributed by atoms with Gasteiger partial charge in [0.25, 0.3) is 0 Å². The number of ether oxygens (including phenoxy) is 1. The molecule has 0 bridgehead atoms. The van der Waals surface area contributed by atoms with E-state index in [1.165, 1.54) is 18.4 Å². The van der Waals surface area contributed by atoms with E-state index in [1.54, 1.807) is 0 Å².